The van der Waals surface area contributed by atoms with Gasteiger partial charge in [0.1, 0.15) is 11.3 Å². The van der Waals surface area contributed by atoms with Crippen molar-refractivity contribution < 1.29 is 9.90 Å². The highest BCUT2D eigenvalue weighted by Gasteiger charge is 2.09. The Hall–Kier alpha value is -2.24. The summed E-state index contributed by atoms with van der Waals surface area (Å²) in [5.74, 6) is -0.0826. The lowest BCUT2D eigenvalue weighted by Gasteiger charge is -2.20. The second-order valence-electron chi connectivity index (χ2n) is 3.79. The zero-order valence-corrected chi connectivity index (χ0v) is 10.1. The van der Waals surface area contributed by atoms with Gasteiger partial charge in [0, 0.05) is 25.5 Å². The first-order valence-corrected chi connectivity index (χ1v) is 5.75. The van der Waals surface area contributed by atoms with E-state index in [9.17, 15) is 4.79 Å². The molecule has 1 N–H and O–H groups in total. The van der Waals surface area contributed by atoms with E-state index >= 15 is 0 Å². The van der Waals surface area contributed by atoms with Gasteiger partial charge in [0.15, 0.2) is 5.65 Å². The number of aromatic nitrogens is 3. The van der Waals surface area contributed by atoms with Gasteiger partial charge in [-0.25, -0.2) is 9.97 Å². The van der Waals surface area contributed by atoms with Crippen molar-refractivity contribution in [2.75, 3.05) is 18.0 Å². The highest BCUT2D eigenvalue weighted by Crippen LogP contribution is 2.14. The van der Waals surface area contributed by atoms with E-state index in [0.717, 1.165) is 11.3 Å². The van der Waals surface area contributed by atoms with Crippen molar-refractivity contribution in [2.45, 2.75) is 13.3 Å². The van der Waals surface area contributed by atoms with Gasteiger partial charge < -0.3 is 10.0 Å². The van der Waals surface area contributed by atoms with E-state index in [2.05, 4.69) is 15.0 Å². The molecule has 0 bridgehead atoms. The van der Waals surface area contributed by atoms with E-state index in [4.69, 9.17) is 5.11 Å². The Morgan fingerprint density at radius 2 is 2.11 bits per heavy atom. The molecule has 2 heterocycles. The van der Waals surface area contributed by atoms with Gasteiger partial charge >= 0.3 is 5.97 Å². The molecule has 2 aromatic rings. The quantitative estimate of drug-likeness (QED) is 0.857. The van der Waals surface area contributed by atoms with Crippen molar-refractivity contribution in [3.8, 4) is 0 Å². The summed E-state index contributed by atoms with van der Waals surface area (Å²) >= 11 is 0. The fourth-order valence-corrected chi connectivity index (χ4v) is 1.69. The SMILES string of the molecule is CCN(CCC(=O)O)c1ccc2nccnc2n1. The van der Waals surface area contributed by atoms with Crippen molar-refractivity contribution in [1.29, 1.82) is 0 Å². The maximum atomic E-state index is 10.6. The number of carboxylic acids is 1. The third kappa shape index (κ3) is 2.71. The molecule has 0 aliphatic rings. The summed E-state index contributed by atoms with van der Waals surface area (Å²) in [5.41, 5.74) is 1.30. The van der Waals surface area contributed by atoms with Crippen molar-refractivity contribution in [1.82, 2.24) is 15.0 Å². The molecule has 6 heteroatoms. The van der Waals surface area contributed by atoms with Gasteiger partial charge in [0.05, 0.1) is 6.42 Å². The second kappa shape index (κ2) is 5.39. The second-order valence-corrected chi connectivity index (χ2v) is 3.79. The summed E-state index contributed by atoms with van der Waals surface area (Å²) in [5, 5.41) is 8.71. The standard InChI is InChI=1S/C12H14N4O2/c1-2-16(8-5-11(17)18)10-4-3-9-12(15-10)14-7-6-13-9/h3-4,6-7H,2,5,8H2,1H3,(H,17,18). The zero-order valence-electron chi connectivity index (χ0n) is 10.1. The van der Waals surface area contributed by atoms with Crippen LogP contribution in [0.1, 0.15) is 13.3 Å². The minimum atomic E-state index is -0.811. The molecule has 0 aliphatic heterocycles. The Morgan fingerprint density at radius 1 is 1.33 bits per heavy atom. The van der Waals surface area contributed by atoms with E-state index in [-0.39, 0.29) is 6.42 Å². The summed E-state index contributed by atoms with van der Waals surface area (Å²) in [6, 6.07) is 3.68. The van der Waals surface area contributed by atoms with Crippen molar-refractivity contribution in [3.05, 3.63) is 24.5 Å². The molecule has 0 fully saturated rings. The van der Waals surface area contributed by atoms with Gasteiger partial charge in [-0.15, -0.1) is 0 Å². The molecule has 18 heavy (non-hydrogen) atoms. The Balaban J connectivity index is 2.24. The molecule has 2 aromatic heterocycles. The van der Waals surface area contributed by atoms with Gasteiger partial charge in [-0.05, 0) is 19.1 Å². The van der Waals surface area contributed by atoms with Crippen LogP contribution >= 0.6 is 0 Å². The van der Waals surface area contributed by atoms with Crippen LogP contribution in [-0.4, -0.2) is 39.1 Å². The minimum absolute atomic E-state index is 0.0913. The number of nitrogens with zero attached hydrogens (tertiary/aromatic N) is 4. The Labute approximate surface area is 104 Å². The topological polar surface area (TPSA) is 79.2 Å². The molecular weight excluding hydrogens is 232 g/mol. The normalized spacial score (nSPS) is 10.5. The Morgan fingerprint density at radius 3 is 2.83 bits per heavy atom. The van der Waals surface area contributed by atoms with Crippen LogP contribution in [0.5, 0.6) is 0 Å². The molecule has 0 radical (unpaired) electrons. The van der Waals surface area contributed by atoms with Crippen LogP contribution in [-0.2, 0) is 4.79 Å². The predicted molar refractivity (Wildman–Crippen MR) is 67.5 cm³/mol. The van der Waals surface area contributed by atoms with E-state index in [1.165, 1.54) is 0 Å². The monoisotopic (exact) mass is 246 g/mol. The molecule has 2 rings (SSSR count). The maximum absolute atomic E-state index is 10.6. The molecule has 6 nitrogen and oxygen atoms in total. The van der Waals surface area contributed by atoms with Gasteiger partial charge in [-0.3, -0.25) is 9.78 Å². The van der Waals surface area contributed by atoms with E-state index in [1.807, 2.05) is 24.0 Å². The van der Waals surface area contributed by atoms with Crippen molar-refractivity contribution >= 4 is 23.0 Å². The molecule has 94 valence electrons. The van der Waals surface area contributed by atoms with Gasteiger partial charge in [0.25, 0.3) is 0 Å². The molecule has 0 saturated heterocycles. The molecule has 0 saturated carbocycles. The number of carboxylic acid groups (broad SMARTS) is 1. The van der Waals surface area contributed by atoms with Crippen LogP contribution in [0.25, 0.3) is 11.2 Å². The Kier molecular flexibility index (Phi) is 3.66. The number of carbonyl (C=O) groups is 1. The number of rotatable bonds is 5. The molecular formula is C12H14N4O2. The van der Waals surface area contributed by atoms with Crippen LogP contribution in [0.3, 0.4) is 0 Å². The average molecular weight is 246 g/mol. The number of hydrogen-bond donors (Lipinski definition) is 1. The largest absolute Gasteiger partial charge is 0.481 e. The fourth-order valence-electron chi connectivity index (χ4n) is 1.69. The fraction of sp³-hybridized carbons (Fsp3) is 0.333. The Bertz CT molecular complexity index is 559. The average Bonchev–Trinajstić information content (AvgIpc) is 2.39. The highest BCUT2D eigenvalue weighted by molar-refractivity contribution is 5.72. The molecule has 0 unspecified atom stereocenters. The number of fused-ring (bicyclic) bond motifs is 1. The zero-order chi connectivity index (χ0) is 13.0. The van der Waals surface area contributed by atoms with Crippen LogP contribution in [0, 0.1) is 0 Å². The van der Waals surface area contributed by atoms with Crippen molar-refractivity contribution in [3.63, 3.8) is 0 Å². The van der Waals surface area contributed by atoms with Crippen LogP contribution in [0.15, 0.2) is 24.5 Å². The minimum Gasteiger partial charge on any atom is -0.481 e. The number of pyridine rings is 1. The molecule has 0 spiro atoms. The maximum Gasteiger partial charge on any atom is 0.305 e. The summed E-state index contributed by atoms with van der Waals surface area (Å²) in [6.45, 7) is 3.10. The predicted octanol–water partition coefficient (Wildman–Crippen LogP) is 1.33. The van der Waals surface area contributed by atoms with Gasteiger partial charge in [-0.2, -0.15) is 0 Å². The molecule has 0 aromatic carbocycles. The molecule has 0 aliphatic carbocycles. The number of hydrogen-bond acceptors (Lipinski definition) is 5. The molecule has 0 atom stereocenters. The smallest absolute Gasteiger partial charge is 0.305 e. The first kappa shape index (κ1) is 12.2. The van der Waals surface area contributed by atoms with Gasteiger partial charge in [0.2, 0.25) is 0 Å². The van der Waals surface area contributed by atoms with E-state index < -0.39 is 5.97 Å². The lowest BCUT2D eigenvalue weighted by Crippen LogP contribution is -2.26. The van der Waals surface area contributed by atoms with E-state index in [1.54, 1.807) is 12.4 Å². The summed E-state index contributed by atoms with van der Waals surface area (Å²) in [6.07, 6.45) is 3.30. The third-order valence-electron chi connectivity index (χ3n) is 2.62. The molecule has 0 amide bonds. The first-order valence-electron chi connectivity index (χ1n) is 5.75. The van der Waals surface area contributed by atoms with Crippen LogP contribution in [0.4, 0.5) is 5.82 Å². The van der Waals surface area contributed by atoms with Gasteiger partial charge in [-0.1, -0.05) is 0 Å². The summed E-state index contributed by atoms with van der Waals surface area (Å²) in [4.78, 5) is 25.2. The van der Waals surface area contributed by atoms with Crippen molar-refractivity contribution in [2.24, 2.45) is 0 Å². The summed E-state index contributed by atoms with van der Waals surface area (Å²) in [7, 11) is 0. The third-order valence-corrected chi connectivity index (χ3v) is 2.62. The van der Waals surface area contributed by atoms with E-state index in [0.29, 0.717) is 18.7 Å². The summed E-state index contributed by atoms with van der Waals surface area (Å²) < 4.78 is 0. The lowest BCUT2D eigenvalue weighted by molar-refractivity contribution is -0.136. The lowest BCUT2D eigenvalue weighted by atomic mass is 10.3. The number of aliphatic carboxylic acids is 1. The van der Waals surface area contributed by atoms with Crippen LogP contribution in [0.2, 0.25) is 0 Å². The first-order chi connectivity index (χ1) is 8.70. The number of anilines is 1. The highest BCUT2D eigenvalue weighted by atomic mass is 16.4. The van der Waals surface area contributed by atoms with Crippen LogP contribution < -0.4 is 4.90 Å².